The van der Waals surface area contributed by atoms with Crippen molar-refractivity contribution in [3.63, 3.8) is 0 Å². The van der Waals surface area contributed by atoms with Crippen molar-refractivity contribution in [1.29, 1.82) is 0 Å². The molecule has 1 aromatic heterocycles. The van der Waals surface area contributed by atoms with E-state index in [4.69, 9.17) is 0 Å². The zero-order chi connectivity index (χ0) is 15.6. The number of hydrogen-bond acceptors (Lipinski definition) is 5. The van der Waals surface area contributed by atoms with E-state index >= 15 is 0 Å². The second-order valence-electron chi connectivity index (χ2n) is 6.11. The summed E-state index contributed by atoms with van der Waals surface area (Å²) in [6.45, 7) is 8.33. The fourth-order valence-electron chi connectivity index (χ4n) is 1.89. The first kappa shape index (κ1) is 16.1. The number of anilines is 2. The van der Waals surface area contributed by atoms with Crippen LogP contribution in [0.3, 0.4) is 0 Å². The minimum absolute atomic E-state index is 0.0492. The summed E-state index contributed by atoms with van der Waals surface area (Å²) >= 11 is 1.37. The van der Waals surface area contributed by atoms with Crippen molar-refractivity contribution in [3.8, 4) is 0 Å². The van der Waals surface area contributed by atoms with Crippen molar-refractivity contribution in [2.75, 3.05) is 11.6 Å². The van der Waals surface area contributed by atoms with Crippen LogP contribution in [-0.4, -0.2) is 19.8 Å². The molecular formula is C15H21N3OS2. The molecule has 0 aliphatic heterocycles. The molecular weight excluding hydrogens is 302 g/mol. The van der Waals surface area contributed by atoms with Gasteiger partial charge in [-0.05, 0) is 24.1 Å². The first-order valence-electron chi connectivity index (χ1n) is 6.77. The number of benzene rings is 1. The van der Waals surface area contributed by atoms with Gasteiger partial charge < -0.3 is 5.32 Å². The molecule has 114 valence electrons. The van der Waals surface area contributed by atoms with Crippen LogP contribution in [0, 0.1) is 6.92 Å². The van der Waals surface area contributed by atoms with E-state index in [0.717, 1.165) is 27.8 Å². The second kappa shape index (κ2) is 6.23. The molecule has 6 heteroatoms. The molecule has 0 saturated heterocycles. The van der Waals surface area contributed by atoms with E-state index in [1.165, 1.54) is 11.5 Å². The lowest BCUT2D eigenvalue weighted by molar-refractivity contribution is 0.555. The molecule has 1 atom stereocenters. The van der Waals surface area contributed by atoms with Crippen LogP contribution in [0.2, 0.25) is 0 Å². The molecule has 0 aliphatic carbocycles. The number of aromatic nitrogens is 2. The summed E-state index contributed by atoms with van der Waals surface area (Å²) in [4.78, 5) is 4.54. The summed E-state index contributed by atoms with van der Waals surface area (Å²) in [5.41, 5.74) is 3.16. The molecule has 1 aromatic carbocycles. The molecule has 4 nitrogen and oxygen atoms in total. The Hall–Kier alpha value is -1.27. The van der Waals surface area contributed by atoms with E-state index in [1.54, 1.807) is 6.26 Å². The van der Waals surface area contributed by atoms with Crippen LogP contribution in [0.25, 0.3) is 0 Å². The van der Waals surface area contributed by atoms with Crippen LogP contribution < -0.4 is 5.32 Å². The Morgan fingerprint density at radius 2 is 2.05 bits per heavy atom. The number of hydrogen-bond donors (Lipinski definition) is 1. The van der Waals surface area contributed by atoms with Gasteiger partial charge in [-0.3, -0.25) is 4.21 Å². The third-order valence-electron chi connectivity index (χ3n) is 3.14. The quantitative estimate of drug-likeness (QED) is 0.930. The summed E-state index contributed by atoms with van der Waals surface area (Å²) in [7, 11) is -0.842. The Balaban J connectivity index is 2.24. The fraction of sp³-hybridized carbons (Fsp3) is 0.467. The van der Waals surface area contributed by atoms with E-state index < -0.39 is 10.8 Å². The van der Waals surface area contributed by atoms with Crippen molar-refractivity contribution >= 4 is 33.2 Å². The summed E-state index contributed by atoms with van der Waals surface area (Å²) < 4.78 is 15.8. The van der Waals surface area contributed by atoms with Crippen LogP contribution in [-0.2, 0) is 22.0 Å². The molecule has 0 bridgehead atoms. The third kappa shape index (κ3) is 4.11. The van der Waals surface area contributed by atoms with E-state index in [0.29, 0.717) is 5.75 Å². The van der Waals surface area contributed by atoms with Gasteiger partial charge in [0, 0.05) is 45.4 Å². The average molecular weight is 323 g/mol. The lowest BCUT2D eigenvalue weighted by Gasteiger charge is -2.13. The number of nitrogens with one attached hydrogen (secondary N) is 1. The molecule has 0 radical (unpaired) electrons. The maximum atomic E-state index is 11.4. The molecule has 1 N–H and O–H groups in total. The molecule has 0 spiro atoms. The minimum atomic E-state index is -0.842. The third-order valence-corrected chi connectivity index (χ3v) is 4.49. The van der Waals surface area contributed by atoms with Gasteiger partial charge in [-0.2, -0.15) is 4.37 Å². The monoisotopic (exact) mass is 323 g/mol. The van der Waals surface area contributed by atoms with Crippen molar-refractivity contribution in [2.45, 2.75) is 38.9 Å². The van der Waals surface area contributed by atoms with Gasteiger partial charge in [-0.25, -0.2) is 4.98 Å². The maximum absolute atomic E-state index is 11.4. The predicted octanol–water partition coefficient (Wildman–Crippen LogP) is 3.77. The highest BCUT2D eigenvalue weighted by Gasteiger charge is 2.19. The van der Waals surface area contributed by atoms with Gasteiger partial charge in [-0.15, -0.1) is 0 Å². The average Bonchev–Trinajstić information content (AvgIpc) is 2.82. The summed E-state index contributed by atoms with van der Waals surface area (Å²) in [6.07, 6.45) is 1.72. The summed E-state index contributed by atoms with van der Waals surface area (Å²) in [6, 6.07) is 6.00. The number of rotatable bonds is 4. The molecule has 0 amide bonds. The van der Waals surface area contributed by atoms with Gasteiger partial charge in [0.25, 0.3) is 0 Å². The normalized spacial score (nSPS) is 13.2. The Bertz CT molecular complexity index is 659. The summed E-state index contributed by atoms with van der Waals surface area (Å²) in [5.74, 6) is 1.42. The Labute approximate surface area is 132 Å². The van der Waals surface area contributed by atoms with Crippen LogP contribution in [0.15, 0.2) is 18.2 Å². The molecule has 0 fully saturated rings. The Morgan fingerprint density at radius 3 is 2.62 bits per heavy atom. The van der Waals surface area contributed by atoms with Gasteiger partial charge in [0.15, 0.2) is 0 Å². The van der Waals surface area contributed by atoms with Gasteiger partial charge >= 0.3 is 0 Å². The van der Waals surface area contributed by atoms with Crippen molar-refractivity contribution in [1.82, 2.24) is 9.36 Å². The topological polar surface area (TPSA) is 54.9 Å². The fourth-order valence-corrected chi connectivity index (χ4v) is 3.41. The summed E-state index contributed by atoms with van der Waals surface area (Å²) in [5, 5.41) is 4.11. The van der Waals surface area contributed by atoms with Crippen LogP contribution in [0.1, 0.15) is 37.7 Å². The molecule has 21 heavy (non-hydrogen) atoms. The zero-order valence-corrected chi connectivity index (χ0v) is 14.7. The lowest BCUT2D eigenvalue weighted by Crippen LogP contribution is -2.13. The molecule has 0 aliphatic rings. The van der Waals surface area contributed by atoms with E-state index in [1.807, 2.05) is 25.1 Å². The molecule has 0 saturated carbocycles. The standard InChI is InChI=1S/C15H21N3OS2/c1-10-11(9-21(5)19)7-6-8-12(10)16-14-17-13(18-20-14)15(2,3)4/h6-8H,9H2,1-5H3,(H,16,17,18). The smallest absolute Gasteiger partial charge is 0.207 e. The molecule has 1 heterocycles. The van der Waals surface area contributed by atoms with Crippen LogP contribution in [0.4, 0.5) is 10.8 Å². The van der Waals surface area contributed by atoms with E-state index in [-0.39, 0.29) is 5.41 Å². The highest BCUT2D eigenvalue weighted by Crippen LogP contribution is 2.27. The zero-order valence-electron chi connectivity index (χ0n) is 13.1. The van der Waals surface area contributed by atoms with E-state index in [2.05, 4.69) is 35.4 Å². The predicted molar refractivity (Wildman–Crippen MR) is 90.8 cm³/mol. The second-order valence-corrected chi connectivity index (χ2v) is 8.29. The molecule has 2 rings (SSSR count). The Morgan fingerprint density at radius 1 is 1.33 bits per heavy atom. The maximum Gasteiger partial charge on any atom is 0.207 e. The number of nitrogens with zero attached hydrogens (tertiary/aromatic N) is 2. The van der Waals surface area contributed by atoms with Gasteiger partial charge in [0.1, 0.15) is 5.82 Å². The van der Waals surface area contributed by atoms with E-state index in [9.17, 15) is 4.21 Å². The molecule has 2 aromatic rings. The SMILES string of the molecule is Cc1c(CS(C)=O)cccc1Nc1nc(C(C)(C)C)ns1. The van der Waals surface area contributed by atoms with Crippen molar-refractivity contribution < 1.29 is 4.21 Å². The van der Waals surface area contributed by atoms with Crippen molar-refractivity contribution in [3.05, 3.63) is 35.2 Å². The van der Waals surface area contributed by atoms with Crippen LogP contribution >= 0.6 is 11.5 Å². The van der Waals surface area contributed by atoms with Gasteiger partial charge in [0.05, 0.1) is 0 Å². The van der Waals surface area contributed by atoms with Crippen LogP contribution in [0.5, 0.6) is 0 Å². The first-order valence-corrected chi connectivity index (χ1v) is 9.27. The van der Waals surface area contributed by atoms with Crippen molar-refractivity contribution in [2.24, 2.45) is 0 Å². The lowest BCUT2D eigenvalue weighted by atomic mass is 9.96. The Kier molecular flexibility index (Phi) is 4.78. The first-order chi connectivity index (χ1) is 9.77. The molecule has 1 unspecified atom stereocenters. The van der Waals surface area contributed by atoms with Gasteiger partial charge in [0.2, 0.25) is 5.13 Å². The highest BCUT2D eigenvalue weighted by molar-refractivity contribution is 7.83. The minimum Gasteiger partial charge on any atom is -0.330 e. The largest absolute Gasteiger partial charge is 0.330 e. The highest BCUT2D eigenvalue weighted by atomic mass is 32.2. The van der Waals surface area contributed by atoms with Gasteiger partial charge in [-0.1, -0.05) is 32.9 Å².